The van der Waals surface area contributed by atoms with Gasteiger partial charge < -0.3 is 11.1 Å². The van der Waals surface area contributed by atoms with Crippen LogP contribution in [0.2, 0.25) is 0 Å². The summed E-state index contributed by atoms with van der Waals surface area (Å²) in [6, 6.07) is 5.35. The molecule has 4 heteroatoms. The average Bonchev–Trinajstić information content (AvgIpc) is 2.10. The van der Waals surface area contributed by atoms with Crippen molar-refractivity contribution in [1.29, 1.82) is 0 Å². The Bertz CT molecular complexity index is 383. The van der Waals surface area contributed by atoms with E-state index >= 15 is 0 Å². The summed E-state index contributed by atoms with van der Waals surface area (Å²) in [5.41, 5.74) is 6.64. The summed E-state index contributed by atoms with van der Waals surface area (Å²) >= 11 is 3.30. The third kappa shape index (κ3) is 3.23. The molecule has 0 radical (unpaired) electrons. The van der Waals surface area contributed by atoms with E-state index in [9.17, 15) is 4.79 Å². The molecule has 0 saturated carbocycles. The summed E-state index contributed by atoms with van der Waals surface area (Å²) in [4.78, 5) is 11.7. The van der Waals surface area contributed by atoms with E-state index < -0.39 is 5.41 Å². The molecule has 0 fully saturated rings. The Hall–Kier alpha value is -1.03. The maximum atomic E-state index is 11.7. The SMILES string of the molecule is CC(C)(C)C(=O)Nc1ccc(Br)c(N)c1. The van der Waals surface area contributed by atoms with Crippen molar-refractivity contribution in [1.82, 2.24) is 0 Å². The molecule has 0 bridgehead atoms. The molecular formula is C11H15BrN2O. The minimum absolute atomic E-state index is 0.0239. The van der Waals surface area contributed by atoms with Crippen LogP contribution in [0.3, 0.4) is 0 Å². The zero-order valence-corrected chi connectivity index (χ0v) is 10.7. The molecule has 0 aliphatic heterocycles. The topological polar surface area (TPSA) is 55.1 Å². The number of amides is 1. The number of nitrogen functional groups attached to an aromatic ring is 1. The van der Waals surface area contributed by atoms with E-state index in [1.807, 2.05) is 32.9 Å². The van der Waals surface area contributed by atoms with Crippen LogP contribution in [-0.2, 0) is 4.79 Å². The quantitative estimate of drug-likeness (QED) is 0.771. The van der Waals surface area contributed by atoms with E-state index in [1.165, 1.54) is 0 Å². The van der Waals surface area contributed by atoms with Gasteiger partial charge in [0.2, 0.25) is 5.91 Å². The number of halogens is 1. The lowest BCUT2D eigenvalue weighted by Gasteiger charge is -2.17. The summed E-state index contributed by atoms with van der Waals surface area (Å²) in [5.74, 6) is -0.0239. The van der Waals surface area contributed by atoms with Crippen molar-refractivity contribution in [2.75, 3.05) is 11.1 Å². The second-order valence-corrected chi connectivity index (χ2v) is 5.29. The monoisotopic (exact) mass is 270 g/mol. The van der Waals surface area contributed by atoms with E-state index in [0.717, 1.165) is 10.2 Å². The number of nitrogens with one attached hydrogen (secondary N) is 1. The Morgan fingerprint density at radius 3 is 2.47 bits per heavy atom. The third-order valence-electron chi connectivity index (χ3n) is 1.94. The average molecular weight is 271 g/mol. The second kappa shape index (κ2) is 4.23. The molecule has 1 amide bonds. The summed E-state index contributed by atoms with van der Waals surface area (Å²) in [7, 11) is 0. The van der Waals surface area contributed by atoms with Gasteiger partial charge in [0.15, 0.2) is 0 Å². The molecular weight excluding hydrogens is 256 g/mol. The number of carbonyl (C=O) groups excluding carboxylic acids is 1. The fraction of sp³-hybridized carbons (Fsp3) is 0.364. The van der Waals surface area contributed by atoms with Crippen LogP contribution in [0.4, 0.5) is 11.4 Å². The lowest BCUT2D eigenvalue weighted by Crippen LogP contribution is -2.27. The van der Waals surface area contributed by atoms with Gasteiger partial charge in [0.1, 0.15) is 0 Å². The van der Waals surface area contributed by atoms with Crippen LogP contribution in [0.1, 0.15) is 20.8 Å². The van der Waals surface area contributed by atoms with E-state index in [2.05, 4.69) is 21.2 Å². The van der Waals surface area contributed by atoms with Crippen LogP contribution < -0.4 is 11.1 Å². The third-order valence-corrected chi connectivity index (χ3v) is 2.66. The van der Waals surface area contributed by atoms with Gasteiger partial charge in [-0.25, -0.2) is 0 Å². The van der Waals surface area contributed by atoms with Gasteiger partial charge in [-0.1, -0.05) is 20.8 Å². The fourth-order valence-corrected chi connectivity index (χ4v) is 1.19. The van der Waals surface area contributed by atoms with Gasteiger partial charge in [-0.05, 0) is 34.1 Å². The molecule has 0 aromatic heterocycles. The number of hydrogen-bond acceptors (Lipinski definition) is 2. The number of nitrogens with two attached hydrogens (primary N) is 1. The summed E-state index contributed by atoms with van der Waals surface area (Å²) in [6.07, 6.45) is 0. The number of hydrogen-bond donors (Lipinski definition) is 2. The first kappa shape index (κ1) is 12.0. The molecule has 82 valence electrons. The molecule has 1 aromatic rings. The van der Waals surface area contributed by atoms with Crippen LogP contribution in [0.15, 0.2) is 22.7 Å². The largest absolute Gasteiger partial charge is 0.398 e. The van der Waals surface area contributed by atoms with Crippen molar-refractivity contribution < 1.29 is 4.79 Å². The highest BCUT2D eigenvalue weighted by atomic mass is 79.9. The molecule has 0 saturated heterocycles. The van der Waals surface area contributed by atoms with Gasteiger partial charge in [-0.2, -0.15) is 0 Å². The van der Waals surface area contributed by atoms with Crippen LogP contribution in [0, 0.1) is 5.41 Å². The predicted octanol–water partition coefficient (Wildman–Crippen LogP) is 3.02. The number of rotatable bonds is 1. The molecule has 0 heterocycles. The van der Waals surface area contributed by atoms with Crippen molar-refractivity contribution in [2.24, 2.45) is 5.41 Å². The number of anilines is 2. The standard InChI is InChI=1S/C11H15BrN2O/c1-11(2,3)10(15)14-7-4-5-8(12)9(13)6-7/h4-6H,13H2,1-3H3,(H,14,15). The van der Waals surface area contributed by atoms with Crippen LogP contribution in [-0.4, -0.2) is 5.91 Å². The second-order valence-electron chi connectivity index (χ2n) is 4.44. The molecule has 0 atom stereocenters. The van der Waals surface area contributed by atoms with E-state index in [0.29, 0.717) is 5.69 Å². The number of carbonyl (C=O) groups is 1. The minimum atomic E-state index is -0.401. The first-order valence-electron chi connectivity index (χ1n) is 4.67. The lowest BCUT2D eigenvalue weighted by molar-refractivity contribution is -0.123. The van der Waals surface area contributed by atoms with E-state index in [-0.39, 0.29) is 5.91 Å². The molecule has 1 rings (SSSR count). The predicted molar refractivity (Wildman–Crippen MR) is 66.6 cm³/mol. The van der Waals surface area contributed by atoms with Crippen LogP contribution >= 0.6 is 15.9 Å². The smallest absolute Gasteiger partial charge is 0.229 e. The maximum absolute atomic E-state index is 11.7. The van der Waals surface area contributed by atoms with Crippen molar-refractivity contribution in [3.8, 4) is 0 Å². The highest BCUT2D eigenvalue weighted by Gasteiger charge is 2.21. The summed E-state index contributed by atoms with van der Waals surface area (Å²) in [6.45, 7) is 5.60. The van der Waals surface area contributed by atoms with E-state index in [1.54, 1.807) is 6.07 Å². The molecule has 3 nitrogen and oxygen atoms in total. The molecule has 0 aliphatic carbocycles. The Morgan fingerprint density at radius 1 is 1.40 bits per heavy atom. The van der Waals surface area contributed by atoms with Gasteiger partial charge >= 0.3 is 0 Å². The van der Waals surface area contributed by atoms with Gasteiger partial charge in [-0.3, -0.25) is 4.79 Å². The van der Waals surface area contributed by atoms with Crippen molar-refractivity contribution in [3.63, 3.8) is 0 Å². The normalized spacial score (nSPS) is 11.2. The first-order chi connectivity index (χ1) is 6.80. The fourth-order valence-electron chi connectivity index (χ4n) is 0.940. The maximum Gasteiger partial charge on any atom is 0.229 e. The molecule has 0 aliphatic rings. The first-order valence-corrected chi connectivity index (χ1v) is 5.46. The Labute approximate surface area is 98.2 Å². The van der Waals surface area contributed by atoms with Gasteiger partial charge in [0.05, 0.1) is 0 Å². The highest BCUT2D eigenvalue weighted by molar-refractivity contribution is 9.10. The zero-order valence-electron chi connectivity index (χ0n) is 9.10. The minimum Gasteiger partial charge on any atom is -0.398 e. The van der Waals surface area contributed by atoms with Crippen LogP contribution in [0.25, 0.3) is 0 Å². The van der Waals surface area contributed by atoms with Crippen molar-refractivity contribution in [2.45, 2.75) is 20.8 Å². The van der Waals surface area contributed by atoms with E-state index in [4.69, 9.17) is 5.73 Å². The Kier molecular flexibility index (Phi) is 3.39. The van der Waals surface area contributed by atoms with Crippen molar-refractivity contribution in [3.05, 3.63) is 22.7 Å². The molecule has 15 heavy (non-hydrogen) atoms. The number of benzene rings is 1. The highest BCUT2D eigenvalue weighted by Crippen LogP contribution is 2.24. The summed E-state index contributed by atoms with van der Waals surface area (Å²) < 4.78 is 0.830. The van der Waals surface area contributed by atoms with Crippen LogP contribution in [0.5, 0.6) is 0 Å². The summed E-state index contributed by atoms with van der Waals surface area (Å²) in [5, 5.41) is 2.81. The lowest BCUT2D eigenvalue weighted by atomic mass is 9.95. The zero-order chi connectivity index (χ0) is 11.6. The Balaban J connectivity index is 2.83. The molecule has 3 N–H and O–H groups in total. The molecule has 0 spiro atoms. The Morgan fingerprint density at radius 2 is 2.00 bits per heavy atom. The molecule has 1 aromatic carbocycles. The van der Waals surface area contributed by atoms with Gasteiger partial charge in [0, 0.05) is 21.3 Å². The van der Waals surface area contributed by atoms with Crippen molar-refractivity contribution >= 4 is 33.2 Å². The molecule has 0 unspecified atom stereocenters. The van der Waals surface area contributed by atoms with Gasteiger partial charge in [0.25, 0.3) is 0 Å². The van der Waals surface area contributed by atoms with Gasteiger partial charge in [-0.15, -0.1) is 0 Å².